The molecule has 0 aliphatic rings. The number of hydrogen-bond donors (Lipinski definition) is 0. The highest BCUT2D eigenvalue weighted by atomic mass is 15.0. The first-order chi connectivity index (χ1) is 25.6. The number of aryl methyl sites for hydroxylation is 2. The molecule has 0 amide bonds. The minimum Gasteiger partial charge on any atom is -0.309 e. The average molecular weight is 665 g/mol. The molecule has 0 aliphatic carbocycles. The second-order valence-electron chi connectivity index (χ2n) is 14.0. The predicted octanol–water partition coefficient (Wildman–Crippen LogP) is 13.5. The van der Waals surface area contributed by atoms with E-state index >= 15 is 0 Å². The van der Waals surface area contributed by atoms with Crippen molar-refractivity contribution in [2.75, 3.05) is 0 Å². The first-order valence-corrected chi connectivity index (χ1v) is 18.0. The topological polar surface area (TPSA) is 9.86 Å². The molecule has 10 rings (SSSR count). The summed E-state index contributed by atoms with van der Waals surface area (Å²) in [4.78, 5) is 0. The lowest BCUT2D eigenvalue weighted by molar-refractivity contribution is 1.18. The highest BCUT2D eigenvalue weighted by molar-refractivity contribution is 6.14. The summed E-state index contributed by atoms with van der Waals surface area (Å²) < 4.78 is 4.80. The van der Waals surface area contributed by atoms with Gasteiger partial charge in [-0.05, 0) is 120 Å². The Bertz CT molecular complexity index is 2720. The average Bonchev–Trinajstić information content (AvgIpc) is 3.70. The number of aromatic nitrogens is 2. The molecule has 0 N–H and O–H groups in total. The van der Waals surface area contributed by atoms with Crippen molar-refractivity contribution in [2.24, 2.45) is 0 Å². The summed E-state index contributed by atoms with van der Waals surface area (Å²) in [6.07, 6.45) is 0. The lowest BCUT2D eigenvalue weighted by atomic mass is 9.98. The van der Waals surface area contributed by atoms with Crippen molar-refractivity contribution >= 4 is 43.6 Å². The van der Waals surface area contributed by atoms with Crippen molar-refractivity contribution in [3.8, 4) is 44.8 Å². The van der Waals surface area contributed by atoms with E-state index in [1.54, 1.807) is 0 Å². The first-order valence-electron chi connectivity index (χ1n) is 18.0. The van der Waals surface area contributed by atoms with E-state index in [-0.39, 0.29) is 0 Å². The van der Waals surface area contributed by atoms with E-state index in [0.717, 1.165) is 11.4 Å². The molecular weight excluding hydrogens is 629 g/mol. The molecule has 2 heterocycles. The van der Waals surface area contributed by atoms with Gasteiger partial charge in [-0.25, -0.2) is 0 Å². The van der Waals surface area contributed by atoms with Gasteiger partial charge in [0.2, 0.25) is 0 Å². The zero-order chi connectivity index (χ0) is 34.8. The van der Waals surface area contributed by atoms with E-state index in [4.69, 9.17) is 0 Å². The van der Waals surface area contributed by atoms with E-state index < -0.39 is 0 Å². The van der Waals surface area contributed by atoms with E-state index in [1.807, 2.05) is 0 Å². The van der Waals surface area contributed by atoms with Gasteiger partial charge in [-0.2, -0.15) is 0 Å². The van der Waals surface area contributed by atoms with E-state index in [2.05, 4.69) is 205 Å². The molecule has 10 aromatic rings. The Kier molecular flexibility index (Phi) is 6.97. The minimum absolute atomic E-state index is 1.16. The zero-order valence-corrected chi connectivity index (χ0v) is 29.2. The zero-order valence-electron chi connectivity index (χ0n) is 29.2. The minimum atomic E-state index is 1.16. The van der Waals surface area contributed by atoms with Crippen LogP contribution in [0.15, 0.2) is 182 Å². The summed E-state index contributed by atoms with van der Waals surface area (Å²) in [6, 6.07) is 66.9. The van der Waals surface area contributed by atoms with Crippen molar-refractivity contribution in [3.63, 3.8) is 0 Å². The molecular formula is C50H36N2. The number of benzene rings is 8. The molecule has 0 aliphatic heterocycles. The smallest absolute Gasteiger partial charge is 0.0541 e. The Labute approximate surface area is 303 Å². The summed E-state index contributed by atoms with van der Waals surface area (Å²) in [7, 11) is 0. The molecule has 52 heavy (non-hydrogen) atoms. The van der Waals surface area contributed by atoms with E-state index in [1.165, 1.54) is 88.1 Å². The summed E-state index contributed by atoms with van der Waals surface area (Å²) >= 11 is 0. The first kappa shape index (κ1) is 30.2. The van der Waals surface area contributed by atoms with E-state index in [0.29, 0.717) is 0 Å². The highest BCUT2D eigenvalue weighted by Gasteiger charge is 2.17. The Morgan fingerprint density at radius 3 is 0.846 bits per heavy atom. The van der Waals surface area contributed by atoms with Gasteiger partial charge in [0.15, 0.2) is 0 Å². The molecule has 0 fully saturated rings. The van der Waals surface area contributed by atoms with Crippen LogP contribution in [0.1, 0.15) is 11.1 Å². The van der Waals surface area contributed by atoms with Crippen LogP contribution in [0.4, 0.5) is 0 Å². The van der Waals surface area contributed by atoms with Gasteiger partial charge in [0.05, 0.1) is 22.1 Å². The number of hydrogen-bond acceptors (Lipinski definition) is 0. The summed E-state index contributed by atoms with van der Waals surface area (Å²) in [5, 5.41) is 5.00. The molecule has 0 atom stereocenters. The molecule has 0 bridgehead atoms. The lowest BCUT2D eigenvalue weighted by Gasteiger charge is -2.09. The van der Waals surface area contributed by atoms with Crippen LogP contribution in [-0.2, 0) is 0 Å². The maximum Gasteiger partial charge on any atom is 0.0541 e. The molecule has 246 valence electrons. The third-order valence-electron chi connectivity index (χ3n) is 10.7. The van der Waals surface area contributed by atoms with E-state index in [9.17, 15) is 0 Å². The third kappa shape index (κ3) is 4.95. The second-order valence-corrected chi connectivity index (χ2v) is 14.0. The molecule has 0 saturated carbocycles. The summed E-state index contributed by atoms with van der Waals surface area (Å²) in [5.74, 6) is 0. The molecule has 2 nitrogen and oxygen atoms in total. The van der Waals surface area contributed by atoms with Gasteiger partial charge < -0.3 is 9.13 Å². The molecule has 0 saturated heterocycles. The van der Waals surface area contributed by atoms with Gasteiger partial charge in [0, 0.05) is 32.9 Å². The molecule has 0 unspecified atom stereocenters. The standard InChI is InChI=1S/C50H36N2/c1-33-13-17-35(18-14-33)37-21-25-47-43(29-37)45-31-39(23-27-49(45)51(47)41-9-5-3-6-10-41)40-24-28-50-46(32-40)44-30-38(36-19-15-34(2)16-20-36)22-26-48(44)52(50)42-11-7-4-8-12-42/h3-32H,1-2H3. The van der Waals surface area contributed by atoms with Crippen LogP contribution in [0.2, 0.25) is 0 Å². The lowest BCUT2D eigenvalue weighted by Crippen LogP contribution is -1.93. The third-order valence-corrected chi connectivity index (χ3v) is 10.7. The Hall–Kier alpha value is -6.64. The maximum atomic E-state index is 2.40. The fourth-order valence-electron chi connectivity index (χ4n) is 7.97. The Morgan fingerprint density at radius 1 is 0.269 bits per heavy atom. The van der Waals surface area contributed by atoms with Gasteiger partial charge >= 0.3 is 0 Å². The van der Waals surface area contributed by atoms with Gasteiger partial charge in [-0.3, -0.25) is 0 Å². The predicted molar refractivity (Wildman–Crippen MR) is 221 cm³/mol. The normalized spacial score (nSPS) is 11.7. The summed E-state index contributed by atoms with van der Waals surface area (Å²) in [5.41, 5.74) is 17.0. The van der Waals surface area contributed by atoms with Crippen molar-refractivity contribution in [3.05, 3.63) is 193 Å². The van der Waals surface area contributed by atoms with Gasteiger partial charge in [-0.15, -0.1) is 0 Å². The number of fused-ring (bicyclic) bond motifs is 6. The van der Waals surface area contributed by atoms with Crippen LogP contribution in [-0.4, -0.2) is 9.13 Å². The quantitative estimate of drug-likeness (QED) is 0.173. The maximum absolute atomic E-state index is 2.40. The van der Waals surface area contributed by atoms with Crippen molar-refractivity contribution in [1.82, 2.24) is 9.13 Å². The van der Waals surface area contributed by atoms with Crippen LogP contribution >= 0.6 is 0 Å². The van der Waals surface area contributed by atoms with Gasteiger partial charge in [-0.1, -0.05) is 120 Å². The Morgan fingerprint density at radius 2 is 0.538 bits per heavy atom. The number of rotatable bonds is 5. The van der Waals surface area contributed by atoms with Crippen LogP contribution in [0.25, 0.3) is 88.4 Å². The van der Waals surface area contributed by atoms with Crippen molar-refractivity contribution < 1.29 is 0 Å². The SMILES string of the molecule is Cc1ccc(-c2ccc3c(c2)c2cc(-c4ccc5c(c4)c4cc(-c6ccc(C)cc6)ccc4n5-c4ccccc4)ccc2n3-c2ccccc2)cc1. The molecule has 0 spiro atoms. The summed E-state index contributed by atoms with van der Waals surface area (Å²) in [6.45, 7) is 4.28. The number of nitrogens with zero attached hydrogens (tertiary/aromatic N) is 2. The molecule has 8 aromatic carbocycles. The Balaban J connectivity index is 1.19. The largest absolute Gasteiger partial charge is 0.309 e. The molecule has 2 aromatic heterocycles. The van der Waals surface area contributed by atoms with Crippen LogP contribution in [0.5, 0.6) is 0 Å². The fourth-order valence-corrected chi connectivity index (χ4v) is 7.97. The van der Waals surface area contributed by atoms with Gasteiger partial charge in [0.1, 0.15) is 0 Å². The van der Waals surface area contributed by atoms with Crippen LogP contribution < -0.4 is 0 Å². The molecule has 0 radical (unpaired) electrons. The monoisotopic (exact) mass is 664 g/mol. The van der Waals surface area contributed by atoms with Crippen molar-refractivity contribution in [1.29, 1.82) is 0 Å². The van der Waals surface area contributed by atoms with Crippen LogP contribution in [0, 0.1) is 13.8 Å². The van der Waals surface area contributed by atoms with Gasteiger partial charge in [0.25, 0.3) is 0 Å². The fraction of sp³-hybridized carbons (Fsp3) is 0.0400. The highest BCUT2D eigenvalue weighted by Crippen LogP contribution is 2.40. The second kappa shape index (κ2) is 12.0. The van der Waals surface area contributed by atoms with Crippen LogP contribution in [0.3, 0.4) is 0 Å². The van der Waals surface area contributed by atoms with Crippen molar-refractivity contribution in [2.45, 2.75) is 13.8 Å². The molecule has 2 heteroatoms. The number of para-hydroxylation sites is 2.